The third-order valence-electron chi connectivity index (χ3n) is 2.31. The first kappa shape index (κ1) is 18.7. The van der Waals surface area contributed by atoms with Gasteiger partial charge in [0.25, 0.3) is 0 Å². The van der Waals surface area contributed by atoms with Crippen LogP contribution in [0.3, 0.4) is 0 Å². The Morgan fingerprint density at radius 3 is 2.74 bits per heavy atom. The van der Waals surface area contributed by atoms with Gasteiger partial charge in [-0.15, -0.1) is 0 Å². The first-order valence-corrected chi connectivity index (χ1v) is 7.64. The maximum Gasteiger partial charge on any atom is 0.320 e. The molecular formula is C12H26N2O4S. The van der Waals surface area contributed by atoms with Crippen molar-refractivity contribution in [2.24, 2.45) is 5.73 Å². The maximum atomic E-state index is 10.5. The summed E-state index contributed by atoms with van der Waals surface area (Å²) in [5.74, 6) is 0.172. The highest BCUT2D eigenvalue weighted by Gasteiger charge is 2.11. The van der Waals surface area contributed by atoms with Crippen molar-refractivity contribution in [3.8, 4) is 0 Å². The van der Waals surface area contributed by atoms with Crippen LogP contribution in [0.25, 0.3) is 0 Å². The highest BCUT2D eigenvalue weighted by Crippen LogP contribution is 2.06. The molecule has 0 aliphatic rings. The molecule has 0 spiro atoms. The summed E-state index contributed by atoms with van der Waals surface area (Å²) in [6.45, 7) is 5.77. The quantitative estimate of drug-likeness (QED) is 0.372. The van der Waals surface area contributed by atoms with Crippen LogP contribution < -0.4 is 11.1 Å². The van der Waals surface area contributed by atoms with Gasteiger partial charge in [-0.25, -0.2) is 0 Å². The van der Waals surface area contributed by atoms with E-state index in [0.717, 1.165) is 6.54 Å². The Morgan fingerprint density at radius 2 is 2.16 bits per heavy atom. The van der Waals surface area contributed by atoms with E-state index in [1.165, 1.54) is 11.8 Å². The maximum absolute atomic E-state index is 10.5. The number of nitrogens with one attached hydrogen (secondary N) is 1. The van der Waals surface area contributed by atoms with Gasteiger partial charge in [0.15, 0.2) is 0 Å². The van der Waals surface area contributed by atoms with E-state index in [1.54, 1.807) is 0 Å². The van der Waals surface area contributed by atoms with Crippen LogP contribution >= 0.6 is 11.8 Å². The second-order valence-electron chi connectivity index (χ2n) is 4.65. The Morgan fingerprint density at radius 1 is 1.47 bits per heavy atom. The van der Waals surface area contributed by atoms with Crippen LogP contribution in [0.4, 0.5) is 0 Å². The van der Waals surface area contributed by atoms with E-state index in [1.807, 2.05) is 0 Å². The monoisotopic (exact) mass is 294 g/mol. The van der Waals surface area contributed by atoms with Gasteiger partial charge in [-0.05, 0) is 12.2 Å². The van der Waals surface area contributed by atoms with Crippen molar-refractivity contribution in [3.05, 3.63) is 0 Å². The fraction of sp³-hybridized carbons (Fsp3) is 0.917. The largest absolute Gasteiger partial charge is 0.480 e. The molecule has 0 bridgehead atoms. The van der Waals surface area contributed by atoms with Crippen LogP contribution in [-0.2, 0) is 9.53 Å². The van der Waals surface area contributed by atoms with Crippen LogP contribution in [0.15, 0.2) is 0 Å². The fourth-order valence-electron chi connectivity index (χ4n) is 1.24. The van der Waals surface area contributed by atoms with Crippen LogP contribution in [0.5, 0.6) is 0 Å². The summed E-state index contributed by atoms with van der Waals surface area (Å²) >= 11 is 1.49. The predicted octanol–water partition coefficient (Wildman–Crippen LogP) is -0.103. The average molecular weight is 294 g/mol. The first-order chi connectivity index (χ1) is 8.93. The molecule has 2 atom stereocenters. The van der Waals surface area contributed by atoms with E-state index in [-0.39, 0.29) is 0 Å². The molecule has 1 unspecified atom stereocenters. The zero-order valence-corrected chi connectivity index (χ0v) is 12.5. The number of ether oxygens (including phenoxy) is 1. The number of rotatable bonds is 12. The summed E-state index contributed by atoms with van der Waals surface area (Å²) in [5, 5.41) is 21.4. The van der Waals surface area contributed by atoms with E-state index in [2.05, 4.69) is 19.2 Å². The minimum atomic E-state index is -0.984. The predicted molar refractivity (Wildman–Crippen MR) is 77.5 cm³/mol. The van der Waals surface area contributed by atoms with Crippen molar-refractivity contribution in [3.63, 3.8) is 0 Å². The number of carboxylic acid groups (broad SMARTS) is 1. The van der Waals surface area contributed by atoms with Crippen molar-refractivity contribution >= 4 is 17.7 Å². The molecule has 0 rings (SSSR count). The molecule has 114 valence electrons. The van der Waals surface area contributed by atoms with Crippen molar-refractivity contribution in [1.29, 1.82) is 0 Å². The molecule has 0 radical (unpaired) electrons. The zero-order chi connectivity index (χ0) is 14.7. The third-order valence-corrected chi connectivity index (χ3v) is 3.45. The molecular weight excluding hydrogens is 268 g/mol. The van der Waals surface area contributed by atoms with E-state index < -0.39 is 18.1 Å². The summed E-state index contributed by atoms with van der Waals surface area (Å²) in [7, 11) is 0. The summed E-state index contributed by atoms with van der Waals surface area (Å²) in [6, 6.07) is -0.384. The molecule has 0 aliphatic heterocycles. The van der Waals surface area contributed by atoms with Crippen molar-refractivity contribution < 1.29 is 19.7 Å². The molecule has 0 aromatic rings. The van der Waals surface area contributed by atoms with Crippen LogP contribution in [-0.4, -0.2) is 65.6 Å². The van der Waals surface area contributed by atoms with Gasteiger partial charge in [-0.3, -0.25) is 4.79 Å². The van der Waals surface area contributed by atoms with E-state index in [4.69, 9.17) is 15.6 Å². The molecule has 0 aromatic heterocycles. The molecule has 0 aliphatic carbocycles. The van der Waals surface area contributed by atoms with Gasteiger partial charge in [-0.1, -0.05) is 13.8 Å². The second kappa shape index (κ2) is 11.5. The van der Waals surface area contributed by atoms with Crippen LogP contribution in [0, 0.1) is 0 Å². The van der Waals surface area contributed by atoms with Crippen LogP contribution in [0.1, 0.15) is 20.3 Å². The van der Waals surface area contributed by atoms with Gasteiger partial charge in [0, 0.05) is 18.3 Å². The van der Waals surface area contributed by atoms with Gasteiger partial charge in [-0.2, -0.15) is 11.8 Å². The third kappa shape index (κ3) is 12.4. The lowest BCUT2D eigenvalue weighted by atomic mass is 10.2. The average Bonchev–Trinajstić information content (AvgIpc) is 2.33. The highest BCUT2D eigenvalue weighted by molar-refractivity contribution is 7.99. The molecule has 0 amide bonds. The molecule has 0 heterocycles. The highest BCUT2D eigenvalue weighted by atomic mass is 32.2. The molecule has 0 saturated carbocycles. The standard InChI is InChI=1S/C12H26N2O4S/c1-9(2)14-4-5-18-7-10(15)8-19-6-3-11(13)12(16)17/h9-11,14-15H,3-8,13H2,1-2H3,(H,16,17)/t10?,11-/m0/s1. The lowest BCUT2D eigenvalue weighted by Crippen LogP contribution is -2.30. The number of aliphatic carboxylic acids is 1. The molecule has 6 nitrogen and oxygen atoms in total. The second-order valence-corrected chi connectivity index (χ2v) is 5.80. The van der Waals surface area contributed by atoms with Crippen molar-refractivity contribution in [2.75, 3.05) is 31.3 Å². The normalized spacial score (nSPS) is 14.6. The number of carbonyl (C=O) groups is 1. The van der Waals surface area contributed by atoms with E-state index in [0.29, 0.717) is 37.2 Å². The van der Waals surface area contributed by atoms with Gasteiger partial charge in [0.2, 0.25) is 0 Å². The van der Waals surface area contributed by atoms with Crippen molar-refractivity contribution in [1.82, 2.24) is 5.32 Å². The Labute approximate surface area is 119 Å². The minimum absolute atomic E-state index is 0.303. The Hall–Kier alpha value is -0.340. The fourth-order valence-corrected chi connectivity index (χ4v) is 2.20. The summed E-state index contributed by atoms with van der Waals surface area (Å²) in [6.07, 6.45) is -0.114. The summed E-state index contributed by atoms with van der Waals surface area (Å²) < 4.78 is 5.32. The van der Waals surface area contributed by atoms with Gasteiger partial charge in [0.05, 0.1) is 19.3 Å². The van der Waals surface area contributed by atoms with Crippen LogP contribution in [0.2, 0.25) is 0 Å². The number of carboxylic acids is 1. The molecule has 0 fully saturated rings. The van der Waals surface area contributed by atoms with Crippen molar-refractivity contribution in [2.45, 2.75) is 38.5 Å². The molecule has 0 aromatic carbocycles. The number of aliphatic hydroxyl groups is 1. The van der Waals surface area contributed by atoms with Gasteiger partial charge in [0.1, 0.15) is 6.04 Å². The topological polar surface area (TPSA) is 105 Å². The number of nitrogens with two attached hydrogens (primary N) is 1. The van der Waals surface area contributed by atoms with E-state index in [9.17, 15) is 9.90 Å². The Bertz CT molecular complexity index is 242. The Balaban J connectivity index is 3.35. The molecule has 19 heavy (non-hydrogen) atoms. The summed E-state index contributed by atoms with van der Waals surface area (Å²) in [5.41, 5.74) is 5.36. The lowest BCUT2D eigenvalue weighted by molar-refractivity contribution is -0.138. The smallest absolute Gasteiger partial charge is 0.320 e. The minimum Gasteiger partial charge on any atom is -0.480 e. The molecule has 7 heteroatoms. The zero-order valence-electron chi connectivity index (χ0n) is 11.7. The Kier molecular flexibility index (Phi) is 11.3. The lowest BCUT2D eigenvalue weighted by Gasteiger charge is -2.12. The first-order valence-electron chi connectivity index (χ1n) is 6.48. The molecule has 5 N–H and O–H groups in total. The SMILES string of the molecule is CC(C)NCCOCC(O)CSCC[C@H](N)C(=O)O. The van der Waals surface area contributed by atoms with Gasteiger partial charge >= 0.3 is 5.97 Å². The molecule has 0 saturated heterocycles. The van der Waals surface area contributed by atoms with Gasteiger partial charge < -0.3 is 26.0 Å². The number of hydrogen-bond donors (Lipinski definition) is 4. The number of hydrogen-bond acceptors (Lipinski definition) is 6. The number of thioether (sulfide) groups is 1. The number of aliphatic hydroxyl groups excluding tert-OH is 1. The summed E-state index contributed by atoms with van der Waals surface area (Å²) in [4.78, 5) is 10.5. The van der Waals surface area contributed by atoms with E-state index >= 15 is 0 Å².